The first-order chi connectivity index (χ1) is 14.2. The topological polar surface area (TPSA) is 59.6 Å². The van der Waals surface area contributed by atoms with Gasteiger partial charge in [0.25, 0.3) is 5.91 Å². The fraction of sp³-hybridized carbons (Fsp3) is 0.458. The number of hydrogen-bond donors (Lipinski definition) is 2. The second-order valence-electron chi connectivity index (χ2n) is 8.43. The molecule has 3 aliphatic rings. The molecule has 152 valence electrons. The van der Waals surface area contributed by atoms with Crippen LogP contribution in [0.15, 0.2) is 36.4 Å². The van der Waals surface area contributed by atoms with Crippen LogP contribution in [-0.2, 0) is 13.0 Å². The van der Waals surface area contributed by atoms with E-state index in [2.05, 4.69) is 35.8 Å². The lowest BCUT2D eigenvalue weighted by atomic mass is 9.77. The van der Waals surface area contributed by atoms with Gasteiger partial charge in [0.15, 0.2) is 0 Å². The van der Waals surface area contributed by atoms with Crippen LogP contribution in [0.25, 0.3) is 0 Å². The van der Waals surface area contributed by atoms with Crippen LogP contribution in [0.2, 0.25) is 0 Å². The molecule has 0 aromatic heterocycles. The van der Waals surface area contributed by atoms with E-state index in [0.29, 0.717) is 31.0 Å². The van der Waals surface area contributed by atoms with Crippen LogP contribution >= 0.6 is 0 Å². The van der Waals surface area contributed by atoms with Crippen molar-refractivity contribution in [2.75, 3.05) is 19.8 Å². The summed E-state index contributed by atoms with van der Waals surface area (Å²) in [6.45, 7) is 5.34. The third kappa shape index (κ3) is 3.60. The molecule has 0 aliphatic carbocycles. The van der Waals surface area contributed by atoms with Crippen molar-refractivity contribution in [3.63, 3.8) is 0 Å². The summed E-state index contributed by atoms with van der Waals surface area (Å²) < 4.78 is 12.0. The summed E-state index contributed by atoms with van der Waals surface area (Å²) in [4.78, 5) is 11.9. The molecule has 1 saturated heterocycles. The maximum absolute atomic E-state index is 11.9. The number of rotatable bonds is 4. The van der Waals surface area contributed by atoms with Crippen LogP contribution in [-0.4, -0.2) is 31.7 Å². The monoisotopic (exact) mass is 392 g/mol. The largest absolute Gasteiger partial charge is 0.493 e. The Morgan fingerprint density at radius 3 is 3.03 bits per heavy atom. The van der Waals surface area contributed by atoms with Gasteiger partial charge < -0.3 is 20.1 Å². The third-order valence-corrected chi connectivity index (χ3v) is 6.65. The standard InChI is InChI=1S/C24H28N2O3/c1-15-22(14-29-19-6-4-18-13-26-24(27)21(18)12-19)20(8-9-25-15)16-5-7-23-17(11-16)3-2-10-28-23/h4-7,11-12,15,20,22,25H,2-3,8-10,13-14H2,1H3,(H,26,27). The van der Waals surface area contributed by atoms with Crippen LogP contribution in [0.3, 0.4) is 0 Å². The van der Waals surface area contributed by atoms with Gasteiger partial charge in [-0.05, 0) is 73.5 Å². The average Bonchev–Trinajstić information content (AvgIpc) is 3.12. The number of aryl methyl sites for hydroxylation is 1. The van der Waals surface area contributed by atoms with E-state index in [1.165, 1.54) is 11.1 Å². The molecule has 3 atom stereocenters. The number of benzene rings is 2. The van der Waals surface area contributed by atoms with Crippen LogP contribution in [0, 0.1) is 5.92 Å². The van der Waals surface area contributed by atoms with Crippen LogP contribution in [0.5, 0.6) is 11.5 Å². The van der Waals surface area contributed by atoms with Gasteiger partial charge in [0, 0.05) is 24.1 Å². The summed E-state index contributed by atoms with van der Waals surface area (Å²) in [6, 6.07) is 13.0. The van der Waals surface area contributed by atoms with Crippen molar-refractivity contribution in [2.45, 2.75) is 44.7 Å². The summed E-state index contributed by atoms with van der Waals surface area (Å²) in [5, 5.41) is 6.47. The van der Waals surface area contributed by atoms with Gasteiger partial charge in [-0.15, -0.1) is 0 Å². The molecule has 3 unspecified atom stereocenters. The van der Waals surface area contributed by atoms with E-state index in [4.69, 9.17) is 9.47 Å². The minimum atomic E-state index is -0.00712. The maximum Gasteiger partial charge on any atom is 0.252 e. The summed E-state index contributed by atoms with van der Waals surface area (Å²) in [5.41, 5.74) is 4.52. The lowest BCUT2D eigenvalue weighted by molar-refractivity contribution is 0.0965. The molecule has 29 heavy (non-hydrogen) atoms. The summed E-state index contributed by atoms with van der Waals surface area (Å²) in [5.74, 6) is 2.64. The Balaban J connectivity index is 1.34. The first-order valence-corrected chi connectivity index (χ1v) is 10.7. The molecule has 3 aliphatic heterocycles. The molecule has 3 heterocycles. The van der Waals surface area contributed by atoms with Crippen molar-refractivity contribution in [1.29, 1.82) is 0 Å². The molecule has 5 rings (SSSR count). The second-order valence-corrected chi connectivity index (χ2v) is 8.43. The number of piperidine rings is 1. The average molecular weight is 392 g/mol. The van der Waals surface area contributed by atoms with Crippen molar-refractivity contribution in [3.8, 4) is 11.5 Å². The highest BCUT2D eigenvalue weighted by Crippen LogP contribution is 2.37. The van der Waals surface area contributed by atoms with E-state index < -0.39 is 0 Å². The lowest BCUT2D eigenvalue weighted by Crippen LogP contribution is -2.45. The van der Waals surface area contributed by atoms with Crippen molar-refractivity contribution >= 4 is 5.91 Å². The van der Waals surface area contributed by atoms with Gasteiger partial charge in [0.2, 0.25) is 0 Å². The van der Waals surface area contributed by atoms with Gasteiger partial charge in [0.1, 0.15) is 11.5 Å². The Morgan fingerprint density at radius 1 is 1.17 bits per heavy atom. The Bertz CT molecular complexity index is 926. The zero-order valence-corrected chi connectivity index (χ0v) is 16.9. The molecule has 0 bridgehead atoms. The van der Waals surface area contributed by atoms with E-state index in [1.54, 1.807) is 0 Å². The molecule has 5 nitrogen and oxygen atoms in total. The van der Waals surface area contributed by atoms with Crippen LogP contribution < -0.4 is 20.1 Å². The smallest absolute Gasteiger partial charge is 0.252 e. The van der Waals surface area contributed by atoms with Gasteiger partial charge in [-0.1, -0.05) is 18.2 Å². The number of carbonyl (C=O) groups excluding carboxylic acids is 1. The molecule has 0 spiro atoms. The number of amides is 1. The van der Waals surface area contributed by atoms with E-state index in [1.807, 2.05) is 18.2 Å². The Morgan fingerprint density at radius 2 is 2.10 bits per heavy atom. The summed E-state index contributed by atoms with van der Waals surface area (Å²) in [6.07, 6.45) is 3.30. The van der Waals surface area contributed by atoms with Crippen molar-refractivity contribution in [3.05, 3.63) is 58.7 Å². The van der Waals surface area contributed by atoms with E-state index in [0.717, 1.165) is 55.0 Å². The van der Waals surface area contributed by atoms with Gasteiger partial charge in [-0.2, -0.15) is 0 Å². The summed E-state index contributed by atoms with van der Waals surface area (Å²) >= 11 is 0. The molecule has 0 saturated carbocycles. The Labute approximate surface area is 171 Å². The van der Waals surface area contributed by atoms with Crippen molar-refractivity contribution in [2.24, 2.45) is 5.92 Å². The zero-order valence-electron chi connectivity index (χ0n) is 16.9. The third-order valence-electron chi connectivity index (χ3n) is 6.65. The molecule has 0 radical (unpaired) electrons. The molecule has 1 fully saturated rings. The SMILES string of the molecule is CC1NCCC(c2ccc3c(c2)CCCO3)C1COc1ccc2c(c1)C(=O)NC2. The van der Waals surface area contributed by atoms with Crippen molar-refractivity contribution in [1.82, 2.24) is 10.6 Å². The molecule has 2 N–H and O–H groups in total. The fourth-order valence-electron chi connectivity index (χ4n) is 4.94. The first kappa shape index (κ1) is 18.5. The van der Waals surface area contributed by atoms with E-state index >= 15 is 0 Å². The van der Waals surface area contributed by atoms with Crippen LogP contribution in [0.4, 0.5) is 0 Å². The molecule has 1 amide bonds. The molecule has 2 aromatic carbocycles. The van der Waals surface area contributed by atoms with Gasteiger partial charge in [-0.25, -0.2) is 0 Å². The van der Waals surface area contributed by atoms with Gasteiger partial charge in [0.05, 0.1) is 13.2 Å². The second kappa shape index (κ2) is 7.71. The highest BCUT2D eigenvalue weighted by atomic mass is 16.5. The van der Waals surface area contributed by atoms with Gasteiger partial charge in [-0.3, -0.25) is 4.79 Å². The fourth-order valence-corrected chi connectivity index (χ4v) is 4.94. The number of nitrogens with one attached hydrogen (secondary N) is 2. The predicted octanol–water partition coefficient (Wildman–Crippen LogP) is 3.42. The molecular formula is C24H28N2O3. The minimum absolute atomic E-state index is 0.00712. The van der Waals surface area contributed by atoms with E-state index in [9.17, 15) is 4.79 Å². The lowest BCUT2D eigenvalue weighted by Gasteiger charge is -2.38. The quantitative estimate of drug-likeness (QED) is 0.837. The highest BCUT2D eigenvalue weighted by molar-refractivity contribution is 5.98. The number of fused-ring (bicyclic) bond motifs is 2. The summed E-state index contributed by atoms with van der Waals surface area (Å²) in [7, 11) is 0. The minimum Gasteiger partial charge on any atom is -0.493 e. The number of ether oxygens (including phenoxy) is 2. The number of hydrogen-bond acceptors (Lipinski definition) is 4. The maximum atomic E-state index is 11.9. The normalized spacial score (nSPS) is 25.6. The number of carbonyl (C=O) groups is 1. The molecule has 5 heteroatoms. The van der Waals surface area contributed by atoms with Gasteiger partial charge >= 0.3 is 0 Å². The Kier molecular flexibility index (Phi) is 4.92. The van der Waals surface area contributed by atoms with Crippen molar-refractivity contribution < 1.29 is 14.3 Å². The van der Waals surface area contributed by atoms with E-state index in [-0.39, 0.29) is 5.91 Å². The first-order valence-electron chi connectivity index (χ1n) is 10.7. The predicted molar refractivity (Wildman–Crippen MR) is 112 cm³/mol. The molecular weight excluding hydrogens is 364 g/mol. The van der Waals surface area contributed by atoms with Crippen LogP contribution in [0.1, 0.15) is 52.7 Å². The Hall–Kier alpha value is -2.53. The zero-order chi connectivity index (χ0) is 19.8. The highest BCUT2D eigenvalue weighted by Gasteiger charge is 2.33. The molecule has 2 aromatic rings.